The molecule has 0 spiro atoms. The van der Waals surface area contributed by atoms with Crippen molar-refractivity contribution in [1.29, 1.82) is 0 Å². The Bertz CT molecular complexity index is 760. The predicted octanol–water partition coefficient (Wildman–Crippen LogP) is 3.29. The van der Waals surface area contributed by atoms with Gasteiger partial charge in [-0.3, -0.25) is 9.67 Å². The van der Waals surface area contributed by atoms with Crippen LogP contribution in [0.25, 0.3) is 22.4 Å². The van der Waals surface area contributed by atoms with Gasteiger partial charge in [0.2, 0.25) is 0 Å². The Morgan fingerprint density at radius 3 is 2.67 bits per heavy atom. The summed E-state index contributed by atoms with van der Waals surface area (Å²) in [4.78, 5) is 4.20. The molecule has 0 saturated carbocycles. The van der Waals surface area contributed by atoms with Gasteiger partial charge in [-0.2, -0.15) is 5.10 Å². The van der Waals surface area contributed by atoms with E-state index < -0.39 is 0 Å². The van der Waals surface area contributed by atoms with Crippen LogP contribution in [0.5, 0.6) is 0 Å². The molecule has 2 heterocycles. The van der Waals surface area contributed by atoms with E-state index in [-0.39, 0.29) is 0 Å². The lowest BCUT2D eigenvalue weighted by molar-refractivity contribution is 0.782. The molecule has 21 heavy (non-hydrogen) atoms. The molecule has 4 nitrogen and oxygen atoms in total. The highest BCUT2D eigenvalue weighted by molar-refractivity contribution is 5.88. The highest BCUT2D eigenvalue weighted by atomic mass is 15.3. The summed E-state index contributed by atoms with van der Waals surface area (Å²) in [5.74, 6) is 0.656. The topological polar surface area (TPSA) is 56.7 Å². The average Bonchev–Trinajstić information content (AvgIpc) is 2.83. The first-order valence-corrected chi connectivity index (χ1v) is 7.03. The van der Waals surface area contributed by atoms with Crippen LogP contribution in [0.4, 0.5) is 5.82 Å². The van der Waals surface area contributed by atoms with Crippen molar-refractivity contribution in [3.8, 4) is 22.4 Å². The number of nitrogens with zero attached hydrogens (tertiary/aromatic N) is 3. The largest absolute Gasteiger partial charge is 0.383 e. The fraction of sp³-hybridized carbons (Fsp3) is 0.176. The zero-order valence-corrected chi connectivity index (χ0v) is 12.2. The van der Waals surface area contributed by atoms with Gasteiger partial charge >= 0.3 is 0 Å². The van der Waals surface area contributed by atoms with E-state index in [0.717, 1.165) is 28.8 Å². The monoisotopic (exact) mass is 278 g/mol. The number of nitrogens with two attached hydrogens (primary N) is 1. The van der Waals surface area contributed by atoms with Crippen molar-refractivity contribution in [2.24, 2.45) is 7.05 Å². The van der Waals surface area contributed by atoms with Crippen LogP contribution >= 0.6 is 0 Å². The van der Waals surface area contributed by atoms with E-state index in [0.29, 0.717) is 5.82 Å². The fourth-order valence-electron chi connectivity index (χ4n) is 2.58. The molecule has 2 N–H and O–H groups in total. The Balaban J connectivity index is 2.27. The maximum atomic E-state index is 6.24. The molecule has 0 atom stereocenters. The lowest BCUT2D eigenvalue weighted by Gasteiger charge is -2.08. The Morgan fingerprint density at radius 1 is 1.14 bits per heavy atom. The van der Waals surface area contributed by atoms with Crippen LogP contribution in [0, 0.1) is 0 Å². The fourth-order valence-corrected chi connectivity index (χ4v) is 2.58. The molecule has 0 aliphatic carbocycles. The molecule has 1 aromatic carbocycles. The minimum atomic E-state index is 0.656. The molecule has 0 unspecified atom stereocenters. The minimum Gasteiger partial charge on any atom is -0.383 e. The Labute approximate surface area is 124 Å². The second kappa shape index (κ2) is 5.40. The van der Waals surface area contributed by atoms with Gasteiger partial charge in [0.25, 0.3) is 0 Å². The molecule has 3 rings (SSSR count). The zero-order valence-electron chi connectivity index (χ0n) is 12.2. The summed E-state index contributed by atoms with van der Waals surface area (Å²) in [5.41, 5.74) is 11.5. The summed E-state index contributed by atoms with van der Waals surface area (Å²) in [6.45, 7) is 2.15. The molecular weight excluding hydrogens is 260 g/mol. The summed E-state index contributed by atoms with van der Waals surface area (Å²) in [6.07, 6.45) is 4.54. The van der Waals surface area contributed by atoms with Crippen LogP contribution in [0.3, 0.4) is 0 Å². The van der Waals surface area contributed by atoms with E-state index in [4.69, 9.17) is 5.73 Å². The maximum absolute atomic E-state index is 6.24. The quantitative estimate of drug-likeness (QED) is 0.799. The van der Waals surface area contributed by atoms with Gasteiger partial charge in [-0.25, -0.2) is 0 Å². The highest BCUT2D eigenvalue weighted by Gasteiger charge is 2.18. The van der Waals surface area contributed by atoms with Crippen LogP contribution < -0.4 is 5.73 Å². The number of pyridine rings is 1. The third kappa shape index (κ3) is 2.29. The summed E-state index contributed by atoms with van der Waals surface area (Å²) in [6, 6.07) is 12.2. The lowest BCUT2D eigenvalue weighted by Crippen LogP contribution is -1.98. The smallest absolute Gasteiger partial charge is 0.129 e. The first-order chi connectivity index (χ1) is 10.2. The molecule has 106 valence electrons. The number of benzene rings is 1. The molecule has 2 aromatic heterocycles. The molecule has 0 fully saturated rings. The number of aryl methyl sites for hydroxylation is 2. The van der Waals surface area contributed by atoms with Gasteiger partial charge < -0.3 is 5.73 Å². The van der Waals surface area contributed by atoms with Crippen molar-refractivity contribution in [3.05, 3.63) is 54.4 Å². The first kappa shape index (κ1) is 13.4. The lowest BCUT2D eigenvalue weighted by atomic mass is 9.97. The normalized spacial score (nSPS) is 10.8. The summed E-state index contributed by atoms with van der Waals surface area (Å²) >= 11 is 0. The van der Waals surface area contributed by atoms with Gasteiger partial charge in [0.1, 0.15) is 11.5 Å². The molecule has 0 aliphatic heterocycles. The second-order valence-electron chi connectivity index (χ2n) is 4.98. The Morgan fingerprint density at radius 2 is 1.95 bits per heavy atom. The van der Waals surface area contributed by atoms with Crippen molar-refractivity contribution < 1.29 is 0 Å². The van der Waals surface area contributed by atoms with E-state index >= 15 is 0 Å². The number of anilines is 1. The number of rotatable bonds is 3. The number of hydrogen-bond acceptors (Lipinski definition) is 3. The predicted molar refractivity (Wildman–Crippen MR) is 85.7 cm³/mol. The van der Waals surface area contributed by atoms with Crippen LogP contribution in [0.15, 0.2) is 48.8 Å². The van der Waals surface area contributed by atoms with Crippen molar-refractivity contribution >= 4 is 5.82 Å². The summed E-state index contributed by atoms with van der Waals surface area (Å²) in [5, 5.41) is 4.63. The first-order valence-electron chi connectivity index (χ1n) is 7.03. The number of nitrogen functional groups attached to an aromatic ring is 1. The molecular formula is C17H18N4. The van der Waals surface area contributed by atoms with Gasteiger partial charge in [0.15, 0.2) is 0 Å². The molecule has 0 bridgehead atoms. The van der Waals surface area contributed by atoms with Crippen LogP contribution in [-0.4, -0.2) is 14.8 Å². The van der Waals surface area contributed by atoms with Crippen molar-refractivity contribution in [3.63, 3.8) is 0 Å². The van der Waals surface area contributed by atoms with Crippen LogP contribution in [0.2, 0.25) is 0 Å². The van der Waals surface area contributed by atoms with E-state index in [1.165, 1.54) is 5.56 Å². The number of hydrogen-bond donors (Lipinski definition) is 1. The third-order valence-corrected chi connectivity index (χ3v) is 3.70. The van der Waals surface area contributed by atoms with Crippen LogP contribution in [-0.2, 0) is 13.5 Å². The van der Waals surface area contributed by atoms with Gasteiger partial charge in [0.05, 0.1) is 5.56 Å². The van der Waals surface area contributed by atoms with Crippen molar-refractivity contribution in [1.82, 2.24) is 14.8 Å². The van der Waals surface area contributed by atoms with Crippen LogP contribution in [0.1, 0.15) is 12.5 Å². The molecule has 4 heteroatoms. The molecule has 0 aliphatic rings. The molecule has 0 amide bonds. The van der Waals surface area contributed by atoms with Gasteiger partial charge in [0, 0.05) is 30.6 Å². The van der Waals surface area contributed by atoms with Crippen molar-refractivity contribution in [2.45, 2.75) is 13.3 Å². The SMILES string of the molecule is CCc1ccccc1-c1nn(C)c(N)c1-c1cccnc1. The summed E-state index contributed by atoms with van der Waals surface area (Å²) < 4.78 is 1.73. The number of aromatic nitrogens is 3. The van der Waals surface area contributed by atoms with E-state index in [2.05, 4.69) is 35.2 Å². The van der Waals surface area contributed by atoms with Crippen molar-refractivity contribution in [2.75, 3.05) is 5.73 Å². The standard InChI is InChI=1S/C17H18N4/c1-3-12-7-4-5-9-14(12)16-15(17(18)21(2)20-16)13-8-6-10-19-11-13/h4-11H,3,18H2,1-2H3. The highest BCUT2D eigenvalue weighted by Crippen LogP contribution is 2.36. The Hall–Kier alpha value is -2.62. The average molecular weight is 278 g/mol. The van der Waals surface area contributed by atoms with E-state index in [1.54, 1.807) is 10.9 Å². The zero-order chi connectivity index (χ0) is 14.8. The minimum absolute atomic E-state index is 0.656. The maximum Gasteiger partial charge on any atom is 0.129 e. The molecule has 0 radical (unpaired) electrons. The molecule has 3 aromatic rings. The van der Waals surface area contributed by atoms with Gasteiger partial charge in [-0.15, -0.1) is 0 Å². The third-order valence-electron chi connectivity index (χ3n) is 3.70. The second-order valence-corrected chi connectivity index (χ2v) is 4.98. The van der Waals surface area contributed by atoms with E-state index in [9.17, 15) is 0 Å². The van der Waals surface area contributed by atoms with E-state index in [1.807, 2.05) is 31.4 Å². The Kier molecular flexibility index (Phi) is 3.44. The van der Waals surface area contributed by atoms with Gasteiger partial charge in [-0.1, -0.05) is 37.3 Å². The van der Waals surface area contributed by atoms with Gasteiger partial charge in [-0.05, 0) is 18.1 Å². The molecule has 0 saturated heterocycles. The summed E-state index contributed by atoms with van der Waals surface area (Å²) in [7, 11) is 1.87.